The van der Waals surface area contributed by atoms with E-state index in [-0.39, 0.29) is 12.1 Å². The van der Waals surface area contributed by atoms with E-state index >= 15 is 0 Å². The highest BCUT2D eigenvalue weighted by atomic mass is 79.9. The first-order valence-electron chi connectivity index (χ1n) is 5.43. The van der Waals surface area contributed by atoms with Gasteiger partial charge in [-0.25, -0.2) is 9.37 Å². The van der Waals surface area contributed by atoms with Gasteiger partial charge in [0, 0.05) is 6.20 Å². The maximum absolute atomic E-state index is 13.2. The molecular formula is C13H9BrFN3O. The zero-order valence-electron chi connectivity index (χ0n) is 10.0. The molecule has 0 amide bonds. The van der Waals surface area contributed by atoms with Crippen molar-refractivity contribution in [1.29, 1.82) is 5.26 Å². The van der Waals surface area contributed by atoms with Gasteiger partial charge in [-0.1, -0.05) is 0 Å². The van der Waals surface area contributed by atoms with E-state index in [1.165, 1.54) is 29.0 Å². The van der Waals surface area contributed by atoms with Gasteiger partial charge in [-0.05, 0) is 46.6 Å². The van der Waals surface area contributed by atoms with Crippen LogP contribution in [0.5, 0.6) is 0 Å². The van der Waals surface area contributed by atoms with Crippen molar-refractivity contribution in [2.75, 3.05) is 0 Å². The first kappa shape index (κ1) is 13.4. The lowest BCUT2D eigenvalue weighted by Crippen LogP contribution is -2.24. The smallest absolute Gasteiger partial charge is 0.268 e. The molecule has 19 heavy (non-hydrogen) atoms. The molecule has 0 radical (unpaired) electrons. The third-order valence-corrected chi connectivity index (χ3v) is 3.26. The largest absolute Gasteiger partial charge is 0.291 e. The number of nitrogens with zero attached hydrogens (tertiary/aromatic N) is 3. The molecule has 96 valence electrons. The lowest BCUT2D eigenvalue weighted by Gasteiger charge is -2.10. The van der Waals surface area contributed by atoms with Crippen LogP contribution < -0.4 is 5.56 Å². The van der Waals surface area contributed by atoms with Crippen molar-refractivity contribution < 1.29 is 4.39 Å². The number of hydrogen-bond donors (Lipinski definition) is 0. The number of aromatic nitrogens is 2. The van der Waals surface area contributed by atoms with E-state index < -0.39 is 5.82 Å². The van der Waals surface area contributed by atoms with E-state index in [4.69, 9.17) is 5.26 Å². The minimum absolute atomic E-state index is 0.109. The molecule has 0 aliphatic carbocycles. The molecule has 0 spiro atoms. The number of benzene rings is 1. The van der Waals surface area contributed by atoms with E-state index in [9.17, 15) is 9.18 Å². The van der Waals surface area contributed by atoms with Crippen LogP contribution in [0.25, 0.3) is 0 Å². The molecule has 1 heterocycles. The summed E-state index contributed by atoms with van der Waals surface area (Å²) in [5.74, 6) is 0.0593. The Labute approximate surface area is 117 Å². The summed E-state index contributed by atoms with van der Waals surface area (Å²) in [7, 11) is 0. The zero-order valence-corrected chi connectivity index (χ0v) is 11.6. The fourth-order valence-electron chi connectivity index (χ4n) is 1.71. The topological polar surface area (TPSA) is 58.7 Å². The fraction of sp³-hybridized carbons (Fsp3) is 0.154. The van der Waals surface area contributed by atoms with Crippen LogP contribution in [0.2, 0.25) is 0 Å². The van der Waals surface area contributed by atoms with Gasteiger partial charge in [0.25, 0.3) is 5.56 Å². The Hall–Kier alpha value is -2.00. The van der Waals surface area contributed by atoms with Crippen LogP contribution in [0.3, 0.4) is 0 Å². The summed E-state index contributed by atoms with van der Waals surface area (Å²) in [5, 5.41) is 9.00. The van der Waals surface area contributed by atoms with Crippen LogP contribution in [0.15, 0.2) is 33.7 Å². The summed E-state index contributed by atoms with van der Waals surface area (Å²) in [6, 6.07) is 5.86. The van der Waals surface area contributed by atoms with E-state index in [0.29, 0.717) is 21.4 Å². The van der Waals surface area contributed by atoms with Crippen molar-refractivity contribution in [2.45, 2.75) is 13.5 Å². The lowest BCUT2D eigenvalue weighted by molar-refractivity contribution is 0.620. The van der Waals surface area contributed by atoms with Crippen LogP contribution in [0.4, 0.5) is 4.39 Å². The summed E-state index contributed by atoms with van der Waals surface area (Å²) < 4.78 is 15.0. The SMILES string of the molecule is Cc1ncc(Br)c(=O)n1Cc1cc(F)ccc1C#N. The number of halogens is 2. The van der Waals surface area contributed by atoms with Gasteiger partial charge in [-0.2, -0.15) is 5.26 Å². The van der Waals surface area contributed by atoms with Crippen molar-refractivity contribution >= 4 is 15.9 Å². The van der Waals surface area contributed by atoms with E-state index in [2.05, 4.69) is 20.9 Å². The number of nitriles is 1. The second-order valence-corrected chi connectivity index (χ2v) is 4.81. The van der Waals surface area contributed by atoms with Crippen LogP contribution in [0.1, 0.15) is 17.0 Å². The zero-order chi connectivity index (χ0) is 14.0. The molecular weight excluding hydrogens is 313 g/mol. The van der Waals surface area contributed by atoms with Gasteiger partial charge in [-0.15, -0.1) is 0 Å². The van der Waals surface area contributed by atoms with Crippen LogP contribution >= 0.6 is 15.9 Å². The highest BCUT2D eigenvalue weighted by molar-refractivity contribution is 9.10. The van der Waals surface area contributed by atoms with E-state index in [1.807, 2.05) is 6.07 Å². The summed E-state index contributed by atoms with van der Waals surface area (Å²) >= 11 is 3.11. The summed E-state index contributed by atoms with van der Waals surface area (Å²) in [6.07, 6.45) is 1.42. The normalized spacial score (nSPS) is 10.2. The molecule has 2 rings (SSSR count). The van der Waals surface area contributed by atoms with Crippen LogP contribution in [0, 0.1) is 24.1 Å². The van der Waals surface area contributed by atoms with E-state index in [1.54, 1.807) is 6.92 Å². The molecule has 1 aromatic heterocycles. The molecule has 0 bridgehead atoms. The van der Waals surface area contributed by atoms with Gasteiger partial charge in [0.2, 0.25) is 0 Å². The Morgan fingerprint density at radius 2 is 2.26 bits per heavy atom. The van der Waals surface area contributed by atoms with Crippen molar-refractivity contribution in [3.8, 4) is 6.07 Å². The van der Waals surface area contributed by atoms with Gasteiger partial charge in [0.1, 0.15) is 16.1 Å². The number of hydrogen-bond acceptors (Lipinski definition) is 3. The molecule has 0 unspecified atom stereocenters. The Balaban J connectivity index is 2.54. The molecule has 6 heteroatoms. The average molecular weight is 322 g/mol. The Bertz CT molecular complexity index is 734. The summed E-state index contributed by atoms with van der Waals surface area (Å²) in [4.78, 5) is 16.0. The molecule has 0 N–H and O–H groups in total. The molecule has 0 atom stereocenters. The van der Waals surface area contributed by atoms with Gasteiger partial charge in [-0.3, -0.25) is 9.36 Å². The maximum Gasteiger partial charge on any atom is 0.268 e. The number of aryl methyl sites for hydroxylation is 1. The maximum atomic E-state index is 13.2. The minimum atomic E-state index is -0.442. The molecule has 0 aliphatic rings. The summed E-state index contributed by atoms with van der Waals surface area (Å²) in [6.45, 7) is 1.79. The van der Waals surface area contributed by atoms with Crippen LogP contribution in [-0.2, 0) is 6.54 Å². The Morgan fingerprint density at radius 3 is 2.95 bits per heavy atom. The quantitative estimate of drug-likeness (QED) is 0.853. The molecule has 0 aliphatic heterocycles. The average Bonchev–Trinajstić information content (AvgIpc) is 2.39. The molecule has 0 saturated heterocycles. The van der Waals surface area contributed by atoms with Crippen LogP contribution in [-0.4, -0.2) is 9.55 Å². The van der Waals surface area contributed by atoms with Crippen molar-refractivity contribution in [3.05, 3.63) is 62.0 Å². The van der Waals surface area contributed by atoms with Crippen molar-refractivity contribution in [1.82, 2.24) is 9.55 Å². The van der Waals surface area contributed by atoms with Gasteiger partial charge in [0.05, 0.1) is 18.2 Å². The molecule has 0 saturated carbocycles. The van der Waals surface area contributed by atoms with E-state index in [0.717, 1.165) is 0 Å². The molecule has 0 fully saturated rings. The lowest BCUT2D eigenvalue weighted by atomic mass is 10.1. The number of rotatable bonds is 2. The van der Waals surface area contributed by atoms with Crippen molar-refractivity contribution in [3.63, 3.8) is 0 Å². The highest BCUT2D eigenvalue weighted by Gasteiger charge is 2.10. The first-order chi connectivity index (χ1) is 9.02. The van der Waals surface area contributed by atoms with Gasteiger partial charge >= 0.3 is 0 Å². The monoisotopic (exact) mass is 321 g/mol. The van der Waals surface area contributed by atoms with Gasteiger partial charge < -0.3 is 0 Å². The summed E-state index contributed by atoms with van der Waals surface area (Å²) in [5.41, 5.74) is 0.529. The third kappa shape index (κ3) is 2.71. The van der Waals surface area contributed by atoms with Crippen molar-refractivity contribution in [2.24, 2.45) is 0 Å². The minimum Gasteiger partial charge on any atom is -0.291 e. The Kier molecular flexibility index (Phi) is 3.76. The third-order valence-electron chi connectivity index (χ3n) is 2.72. The molecule has 1 aromatic carbocycles. The predicted molar refractivity (Wildman–Crippen MR) is 71.2 cm³/mol. The fourth-order valence-corrected chi connectivity index (χ4v) is 2.03. The molecule has 4 nitrogen and oxygen atoms in total. The highest BCUT2D eigenvalue weighted by Crippen LogP contribution is 2.12. The first-order valence-corrected chi connectivity index (χ1v) is 6.22. The second-order valence-electron chi connectivity index (χ2n) is 3.96. The Morgan fingerprint density at radius 1 is 1.53 bits per heavy atom. The van der Waals surface area contributed by atoms with Gasteiger partial charge in [0.15, 0.2) is 0 Å². The second kappa shape index (κ2) is 5.33. The molecule has 2 aromatic rings. The standard InChI is InChI=1S/C13H9BrFN3O/c1-8-17-6-12(14)13(19)18(8)7-10-4-11(15)3-2-9(10)5-16/h2-4,6H,7H2,1H3. The predicted octanol–water partition coefficient (Wildman–Crippen LogP) is 2.37.